The monoisotopic (exact) mass is 398 g/mol. The molecule has 1 atom stereocenters. The van der Waals surface area contributed by atoms with Gasteiger partial charge in [0.15, 0.2) is 5.16 Å². The van der Waals surface area contributed by atoms with Gasteiger partial charge in [0.2, 0.25) is 0 Å². The standard InChI is InChI=1S/C21H26N4O2S/c1-15-19(22-10-9-20(15)27-2)14-28(26)21-23-17-8-7-16(13-18(17)24-21)25-11-5-3-4-6-12-25/h7-10,13H,3-6,11-12,14H2,1-2H3,(H,23,24). The maximum Gasteiger partial charge on any atom is 0.197 e. The van der Waals surface area contributed by atoms with E-state index in [0.717, 1.165) is 41.1 Å². The number of aromatic amines is 1. The molecule has 1 aliphatic heterocycles. The molecule has 7 heteroatoms. The lowest BCUT2D eigenvalue weighted by atomic mass is 10.2. The molecule has 0 saturated carbocycles. The molecule has 148 valence electrons. The summed E-state index contributed by atoms with van der Waals surface area (Å²) >= 11 is 0. The molecule has 6 nitrogen and oxygen atoms in total. The van der Waals surface area contributed by atoms with Crippen molar-refractivity contribution in [2.24, 2.45) is 0 Å². The summed E-state index contributed by atoms with van der Waals surface area (Å²) in [6.07, 6.45) is 6.78. The number of rotatable bonds is 5. The number of pyridine rings is 1. The lowest BCUT2D eigenvalue weighted by Crippen LogP contribution is -2.23. The van der Waals surface area contributed by atoms with Gasteiger partial charge in [-0.05, 0) is 44.0 Å². The van der Waals surface area contributed by atoms with Gasteiger partial charge in [-0.15, -0.1) is 0 Å². The van der Waals surface area contributed by atoms with E-state index >= 15 is 0 Å². The molecule has 1 aliphatic rings. The third-order valence-electron chi connectivity index (χ3n) is 5.38. The molecule has 0 spiro atoms. The second kappa shape index (κ2) is 8.31. The first-order valence-corrected chi connectivity index (χ1v) is 11.1. The molecule has 1 N–H and O–H groups in total. The first-order chi connectivity index (χ1) is 13.7. The molecule has 2 aromatic heterocycles. The Morgan fingerprint density at radius 1 is 1.18 bits per heavy atom. The van der Waals surface area contributed by atoms with Crippen LogP contribution < -0.4 is 9.64 Å². The van der Waals surface area contributed by atoms with Crippen LogP contribution in [0.15, 0.2) is 35.6 Å². The van der Waals surface area contributed by atoms with Crippen molar-refractivity contribution >= 4 is 27.5 Å². The number of hydrogen-bond acceptors (Lipinski definition) is 5. The van der Waals surface area contributed by atoms with Gasteiger partial charge < -0.3 is 14.6 Å². The third kappa shape index (κ3) is 3.90. The second-order valence-electron chi connectivity index (χ2n) is 7.22. The fourth-order valence-electron chi connectivity index (χ4n) is 3.73. The van der Waals surface area contributed by atoms with Gasteiger partial charge in [-0.2, -0.15) is 0 Å². The second-order valence-corrected chi connectivity index (χ2v) is 8.59. The summed E-state index contributed by atoms with van der Waals surface area (Å²) in [6, 6.07) is 8.08. The lowest BCUT2D eigenvalue weighted by molar-refractivity contribution is 0.410. The maximum absolute atomic E-state index is 12.9. The van der Waals surface area contributed by atoms with E-state index in [9.17, 15) is 4.21 Å². The van der Waals surface area contributed by atoms with Gasteiger partial charge in [-0.3, -0.25) is 9.19 Å². The quantitative estimate of drug-likeness (QED) is 0.704. The van der Waals surface area contributed by atoms with Crippen molar-refractivity contribution in [2.75, 3.05) is 25.1 Å². The van der Waals surface area contributed by atoms with E-state index in [1.54, 1.807) is 13.3 Å². The SMILES string of the molecule is COc1ccnc(CS(=O)c2nc3ccc(N4CCCCCC4)cc3[nH]2)c1C. The van der Waals surface area contributed by atoms with Gasteiger partial charge in [-0.25, -0.2) is 4.98 Å². The van der Waals surface area contributed by atoms with Gasteiger partial charge >= 0.3 is 0 Å². The predicted octanol–water partition coefficient (Wildman–Crippen LogP) is 3.96. The highest BCUT2D eigenvalue weighted by atomic mass is 32.2. The maximum atomic E-state index is 12.9. The minimum atomic E-state index is -1.30. The Labute approximate surface area is 167 Å². The van der Waals surface area contributed by atoms with E-state index in [2.05, 4.69) is 32.0 Å². The van der Waals surface area contributed by atoms with Gasteiger partial charge in [0, 0.05) is 30.5 Å². The number of nitrogens with zero attached hydrogens (tertiary/aromatic N) is 3. The molecule has 0 bridgehead atoms. The first-order valence-electron chi connectivity index (χ1n) is 9.77. The number of anilines is 1. The molecule has 1 saturated heterocycles. The molecule has 4 rings (SSSR count). The minimum absolute atomic E-state index is 0.307. The summed E-state index contributed by atoms with van der Waals surface area (Å²) in [4.78, 5) is 14.6. The zero-order chi connectivity index (χ0) is 19.5. The Balaban J connectivity index is 1.56. The molecule has 3 heterocycles. The smallest absolute Gasteiger partial charge is 0.197 e. The summed E-state index contributed by atoms with van der Waals surface area (Å²) in [5, 5.41) is 0.493. The molecule has 1 fully saturated rings. The first kappa shape index (κ1) is 18.9. The fourth-order valence-corrected chi connectivity index (χ4v) is 4.83. The summed E-state index contributed by atoms with van der Waals surface area (Å²) in [6.45, 7) is 4.13. The Kier molecular flexibility index (Phi) is 5.62. The molecule has 28 heavy (non-hydrogen) atoms. The van der Waals surface area contributed by atoms with Gasteiger partial charge in [0.1, 0.15) is 5.75 Å². The Bertz CT molecular complexity index is 993. The van der Waals surface area contributed by atoms with Crippen LogP contribution in [0.25, 0.3) is 11.0 Å². The van der Waals surface area contributed by atoms with E-state index in [4.69, 9.17) is 4.74 Å². The van der Waals surface area contributed by atoms with Crippen molar-refractivity contribution in [3.8, 4) is 5.75 Å². The summed E-state index contributed by atoms with van der Waals surface area (Å²) < 4.78 is 18.2. The average Bonchev–Trinajstić information content (AvgIpc) is 2.95. The van der Waals surface area contributed by atoms with Gasteiger partial charge in [0.05, 0.1) is 40.4 Å². The lowest BCUT2D eigenvalue weighted by Gasteiger charge is -2.22. The number of hydrogen-bond donors (Lipinski definition) is 1. The van der Waals surface area contributed by atoms with Crippen molar-refractivity contribution in [3.05, 3.63) is 41.7 Å². The molecule has 0 radical (unpaired) electrons. The Morgan fingerprint density at radius 2 is 1.96 bits per heavy atom. The van der Waals surface area contributed by atoms with E-state index in [1.807, 2.05) is 19.1 Å². The molecule has 1 unspecified atom stereocenters. The molecule has 3 aromatic rings. The highest BCUT2D eigenvalue weighted by Crippen LogP contribution is 2.25. The van der Waals surface area contributed by atoms with Crippen LogP contribution in [0.3, 0.4) is 0 Å². The van der Waals surface area contributed by atoms with Crippen LogP contribution in [-0.4, -0.2) is 39.4 Å². The number of fused-ring (bicyclic) bond motifs is 1. The normalized spacial score (nSPS) is 16.1. The number of methoxy groups -OCH3 is 1. The van der Waals surface area contributed by atoms with Crippen molar-refractivity contribution in [2.45, 2.75) is 43.5 Å². The number of imidazole rings is 1. The molecule has 0 aliphatic carbocycles. The van der Waals surface area contributed by atoms with Crippen LogP contribution in [0.1, 0.15) is 36.9 Å². The number of nitrogens with one attached hydrogen (secondary N) is 1. The number of aromatic nitrogens is 3. The van der Waals surface area contributed by atoms with E-state index in [0.29, 0.717) is 10.9 Å². The molecule has 1 aromatic carbocycles. The van der Waals surface area contributed by atoms with Crippen molar-refractivity contribution < 1.29 is 8.95 Å². The largest absolute Gasteiger partial charge is 0.496 e. The van der Waals surface area contributed by atoms with Gasteiger partial charge in [0.25, 0.3) is 0 Å². The van der Waals surface area contributed by atoms with E-state index < -0.39 is 10.8 Å². The summed E-state index contributed by atoms with van der Waals surface area (Å²) in [5.41, 5.74) is 4.67. The van der Waals surface area contributed by atoms with Crippen LogP contribution in [0.4, 0.5) is 5.69 Å². The molecular weight excluding hydrogens is 372 g/mol. The fraction of sp³-hybridized carbons (Fsp3) is 0.429. The van der Waals surface area contributed by atoms with E-state index in [1.165, 1.54) is 31.4 Å². The topological polar surface area (TPSA) is 71.1 Å². The Hall–Kier alpha value is -2.41. The van der Waals surface area contributed by atoms with Crippen molar-refractivity contribution in [3.63, 3.8) is 0 Å². The van der Waals surface area contributed by atoms with Gasteiger partial charge in [-0.1, -0.05) is 12.8 Å². The Morgan fingerprint density at radius 3 is 2.71 bits per heavy atom. The number of ether oxygens (including phenoxy) is 1. The van der Waals surface area contributed by atoms with Crippen LogP contribution >= 0.6 is 0 Å². The highest BCUT2D eigenvalue weighted by Gasteiger charge is 2.16. The van der Waals surface area contributed by atoms with Crippen molar-refractivity contribution in [1.29, 1.82) is 0 Å². The zero-order valence-electron chi connectivity index (χ0n) is 16.4. The highest BCUT2D eigenvalue weighted by molar-refractivity contribution is 7.84. The molecule has 0 amide bonds. The predicted molar refractivity (Wildman–Crippen MR) is 112 cm³/mol. The van der Waals surface area contributed by atoms with Crippen LogP contribution in [0.2, 0.25) is 0 Å². The van der Waals surface area contributed by atoms with E-state index in [-0.39, 0.29) is 0 Å². The minimum Gasteiger partial charge on any atom is -0.496 e. The number of H-pyrrole nitrogens is 1. The average molecular weight is 399 g/mol. The number of benzene rings is 1. The van der Waals surface area contributed by atoms with Crippen molar-refractivity contribution in [1.82, 2.24) is 15.0 Å². The zero-order valence-corrected chi connectivity index (χ0v) is 17.2. The summed E-state index contributed by atoms with van der Waals surface area (Å²) in [7, 11) is 0.329. The summed E-state index contributed by atoms with van der Waals surface area (Å²) in [5.74, 6) is 1.07. The van der Waals surface area contributed by atoms with Crippen LogP contribution in [0, 0.1) is 6.92 Å². The molecular formula is C21H26N4O2S. The van der Waals surface area contributed by atoms with Crippen LogP contribution in [0.5, 0.6) is 5.75 Å². The third-order valence-corrected chi connectivity index (χ3v) is 6.54. The van der Waals surface area contributed by atoms with Crippen LogP contribution in [-0.2, 0) is 16.6 Å².